The lowest BCUT2D eigenvalue weighted by Gasteiger charge is -2.15. The normalized spacial score (nSPS) is 11.7. The zero-order valence-electron chi connectivity index (χ0n) is 17.9. The van der Waals surface area contributed by atoms with Gasteiger partial charge in [0.05, 0.1) is 17.3 Å². The van der Waals surface area contributed by atoms with Crippen molar-refractivity contribution in [3.05, 3.63) is 81.5 Å². The first-order chi connectivity index (χ1) is 15.9. The second-order valence-corrected chi connectivity index (χ2v) is 7.70. The van der Waals surface area contributed by atoms with Gasteiger partial charge in [0.25, 0.3) is 5.56 Å². The van der Waals surface area contributed by atoms with Crippen molar-refractivity contribution in [1.82, 2.24) is 19.9 Å². The standard InChI is InChI=1S/C23H21ClN6O3/c1-13(27-23-26-10-8-19(29-23)28-14(2)31)17-11-15-6-7-18(20(24)21(15)30-22(17)32)33-12-16-5-3-4-9-25-16/h3-11,13H,12H2,1-2H3,(H,30,32)(H2,26,27,28,29,31). The van der Waals surface area contributed by atoms with Crippen LogP contribution in [0, 0.1) is 0 Å². The van der Waals surface area contributed by atoms with Crippen LogP contribution in [0.25, 0.3) is 10.9 Å². The number of aromatic amines is 1. The number of aromatic nitrogens is 4. The Balaban J connectivity index is 1.56. The molecule has 1 unspecified atom stereocenters. The van der Waals surface area contributed by atoms with Crippen LogP contribution < -0.4 is 20.9 Å². The second kappa shape index (κ2) is 9.66. The number of fused-ring (bicyclic) bond motifs is 1. The van der Waals surface area contributed by atoms with Crippen molar-refractivity contribution in [3.63, 3.8) is 0 Å². The number of rotatable bonds is 7. The fourth-order valence-electron chi connectivity index (χ4n) is 3.26. The van der Waals surface area contributed by atoms with Crippen LogP contribution >= 0.6 is 11.6 Å². The molecule has 1 aromatic carbocycles. The van der Waals surface area contributed by atoms with Crippen LogP contribution in [-0.4, -0.2) is 25.8 Å². The molecule has 0 aliphatic heterocycles. The van der Waals surface area contributed by atoms with Crippen LogP contribution in [0.15, 0.2) is 59.7 Å². The lowest BCUT2D eigenvalue weighted by molar-refractivity contribution is -0.114. The van der Waals surface area contributed by atoms with Crippen molar-refractivity contribution in [2.24, 2.45) is 0 Å². The minimum atomic E-state index is -0.412. The molecule has 3 N–H and O–H groups in total. The molecule has 0 saturated heterocycles. The summed E-state index contributed by atoms with van der Waals surface area (Å²) in [6, 6.07) is 12.1. The molecule has 1 amide bonds. The molecule has 0 radical (unpaired) electrons. The summed E-state index contributed by atoms with van der Waals surface area (Å²) in [5.41, 5.74) is 1.43. The molecule has 3 heterocycles. The summed E-state index contributed by atoms with van der Waals surface area (Å²) in [5.74, 6) is 0.862. The van der Waals surface area contributed by atoms with Crippen molar-refractivity contribution in [3.8, 4) is 5.75 Å². The minimum Gasteiger partial charge on any atom is -0.486 e. The average molecular weight is 465 g/mol. The van der Waals surface area contributed by atoms with E-state index >= 15 is 0 Å². The van der Waals surface area contributed by atoms with Crippen LogP contribution in [0.3, 0.4) is 0 Å². The number of ether oxygens (including phenoxy) is 1. The minimum absolute atomic E-state index is 0.237. The molecule has 1 atom stereocenters. The van der Waals surface area contributed by atoms with Crippen molar-refractivity contribution < 1.29 is 9.53 Å². The fraction of sp³-hybridized carbons (Fsp3) is 0.174. The van der Waals surface area contributed by atoms with Gasteiger partial charge < -0.3 is 20.4 Å². The van der Waals surface area contributed by atoms with Crippen LogP contribution in [0.4, 0.5) is 11.8 Å². The maximum Gasteiger partial charge on any atom is 0.253 e. The number of hydrogen-bond donors (Lipinski definition) is 3. The third kappa shape index (κ3) is 5.27. The molecular weight excluding hydrogens is 444 g/mol. The highest BCUT2D eigenvalue weighted by atomic mass is 35.5. The summed E-state index contributed by atoms with van der Waals surface area (Å²) >= 11 is 6.51. The van der Waals surface area contributed by atoms with E-state index in [1.807, 2.05) is 31.2 Å². The Labute approximate surface area is 194 Å². The van der Waals surface area contributed by atoms with Crippen molar-refractivity contribution >= 4 is 40.2 Å². The number of benzene rings is 1. The molecule has 0 fully saturated rings. The third-order valence-corrected chi connectivity index (χ3v) is 5.20. The SMILES string of the molecule is CC(=O)Nc1ccnc(NC(C)c2cc3ccc(OCc4ccccn4)c(Cl)c3[nH]c2=O)n1. The maximum absolute atomic E-state index is 12.8. The first-order valence-electron chi connectivity index (χ1n) is 10.2. The molecule has 33 heavy (non-hydrogen) atoms. The van der Waals surface area contributed by atoms with Crippen LogP contribution in [0.2, 0.25) is 5.02 Å². The van der Waals surface area contributed by atoms with Crippen LogP contribution in [0.1, 0.15) is 31.1 Å². The number of anilines is 2. The van der Waals surface area contributed by atoms with Gasteiger partial charge in [-0.05, 0) is 43.3 Å². The Morgan fingerprint density at radius 2 is 2.03 bits per heavy atom. The van der Waals surface area contributed by atoms with Gasteiger partial charge in [0.15, 0.2) is 0 Å². The van der Waals surface area contributed by atoms with Crippen LogP contribution in [0.5, 0.6) is 5.75 Å². The molecule has 168 valence electrons. The highest BCUT2D eigenvalue weighted by Crippen LogP contribution is 2.32. The molecule has 3 aromatic heterocycles. The smallest absolute Gasteiger partial charge is 0.253 e. The van der Waals surface area contributed by atoms with Gasteiger partial charge in [-0.2, -0.15) is 4.98 Å². The first-order valence-corrected chi connectivity index (χ1v) is 10.5. The average Bonchev–Trinajstić information content (AvgIpc) is 2.79. The Hall–Kier alpha value is -3.98. The van der Waals surface area contributed by atoms with E-state index in [1.165, 1.54) is 13.1 Å². The summed E-state index contributed by atoms with van der Waals surface area (Å²) in [7, 11) is 0. The predicted octanol–water partition coefficient (Wildman–Crippen LogP) is 4.08. The molecule has 10 heteroatoms. The summed E-state index contributed by atoms with van der Waals surface area (Å²) in [6.45, 7) is 3.47. The molecule has 0 aliphatic carbocycles. The number of carbonyl (C=O) groups excluding carboxylic acids is 1. The van der Waals surface area contributed by atoms with E-state index in [4.69, 9.17) is 16.3 Å². The Morgan fingerprint density at radius 3 is 2.79 bits per heavy atom. The van der Waals surface area contributed by atoms with Gasteiger partial charge in [-0.25, -0.2) is 4.98 Å². The van der Waals surface area contributed by atoms with Crippen LogP contribution in [-0.2, 0) is 11.4 Å². The molecule has 9 nitrogen and oxygen atoms in total. The molecule has 0 bridgehead atoms. The van der Waals surface area contributed by atoms with Gasteiger partial charge in [-0.15, -0.1) is 0 Å². The summed E-state index contributed by atoms with van der Waals surface area (Å²) in [5, 5.41) is 6.75. The molecule has 0 aliphatic rings. The monoisotopic (exact) mass is 464 g/mol. The van der Waals surface area contributed by atoms with Gasteiger partial charge in [0, 0.05) is 30.3 Å². The largest absolute Gasteiger partial charge is 0.486 e. The zero-order chi connectivity index (χ0) is 23.4. The van der Waals surface area contributed by atoms with Gasteiger partial charge in [0.1, 0.15) is 23.2 Å². The second-order valence-electron chi connectivity index (χ2n) is 7.32. The van der Waals surface area contributed by atoms with Gasteiger partial charge in [-0.3, -0.25) is 14.6 Å². The van der Waals surface area contributed by atoms with E-state index < -0.39 is 6.04 Å². The lowest BCUT2D eigenvalue weighted by Crippen LogP contribution is -2.20. The third-order valence-electron chi connectivity index (χ3n) is 4.82. The highest BCUT2D eigenvalue weighted by Gasteiger charge is 2.16. The first kappa shape index (κ1) is 22.2. The lowest BCUT2D eigenvalue weighted by atomic mass is 10.1. The molecule has 0 saturated carbocycles. The zero-order valence-corrected chi connectivity index (χ0v) is 18.7. The van der Waals surface area contributed by atoms with Crippen molar-refractivity contribution in [1.29, 1.82) is 0 Å². The van der Waals surface area contributed by atoms with E-state index in [0.29, 0.717) is 27.7 Å². The fourth-order valence-corrected chi connectivity index (χ4v) is 3.53. The number of nitrogens with one attached hydrogen (secondary N) is 3. The van der Waals surface area contributed by atoms with E-state index in [2.05, 4.69) is 30.6 Å². The molecular formula is C23H21ClN6O3. The summed E-state index contributed by atoms with van der Waals surface area (Å²) in [6.07, 6.45) is 3.21. The summed E-state index contributed by atoms with van der Waals surface area (Å²) < 4.78 is 5.79. The van der Waals surface area contributed by atoms with E-state index in [-0.39, 0.29) is 24.0 Å². The maximum atomic E-state index is 12.8. The Kier molecular flexibility index (Phi) is 6.50. The molecule has 4 rings (SSSR count). The number of pyridine rings is 2. The highest BCUT2D eigenvalue weighted by molar-refractivity contribution is 6.36. The number of carbonyl (C=O) groups is 1. The number of H-pyrrole nitrogens is 1. The number of halogens is 1. The number of nitrogens with zero attached hydrogens (tertiary/aromatic N) is 3. The van der Waals surface area contributed by atoms with Gasteiger partial charge in [-0.1, -0.05) is 17.7 Å². The van der Waals surface area contributed by atoms with Gasteiger partial charge in [0.2, 0.25) is 11.9 Å². The number of hydrogen-bond acceptors (Lipinski definition) is 7. The van der Waals surface area contributed by atoms with Crippen molar-refractivity contribution in [2.75, 3.05) is 10.6 Å². The Bertz CT molecular complexity index is 1360. The summed E-state index contributed by atoms with van der Waals surface area (Å²) in [4.78, 5) is 39.5. The predicted molar refractivity (Wildman–Crippen MR) is 127 cm³/mol. The van der Waals surface area contributed by atoms with E-state index in [9.17, 15) is 9.59 Å². The molecule has 0 spiro atoms. The van der Waals surface area contributed by atoms with E-state index in [1.54, 1.807) is 24.4 Å². The Morgan fingerprint density at radius 1 is 1.18 bits per heavy atom. The van der Waals surface area contributed by atoms with E-state index in [0.717, 1.165) is 11.1 Å². The topological polar surface area (TPSA) is 122 Å². The quantitative estimate of drug-likeness (QED) is 0.376. The number of amides is 1. The van der Waals surface area contributed by atoms with Crippen molar-refractivity contribution in [2.45, 2.75) is 26.5 Å². The molecule has 4 aromatic rings. The van der Waals surface area contributed by atoms with Gasteiger partial charge >= 0.3 is 0 Å².